The summed E-state index contributed by atoms with van der Waals surface area (Å²) >= 11 is 0. The number of nitrogens with zero attached hydrogens (tertiary/aromatic N) is 4. The number of alkyl carbamates (subject to hydrolysis) is 2. The van der Waals surface area contributed by atoms with E-state index in [9.17, 15) is 19.2 Å². The summed E-state index contributed by atoms with van der Waals surface area (Å²) in [6.07, 6.45) is 7.58. The molecule has 0 spiro atoms. The van der Waals surface area contributed by atoms with Crippen LogP contribution in [0.2, 0.25) is 0 Å². The number of amides is 4. The number of piperidine rings is 1. The van der Waals surface area contributed by atoms with Crippen LogP contribution in [0.4, 0.5) is 9.59 Å². The van der Waals surface area contributed by atoms with Crippen LogP contribution < -0.4 is 16.0 Å². The number of rotatable bonds is 11. The molecule has 3 saturated heterocycles. The number of methoxy groups -OCH3 is 2. The third kappa shape index (κ3) is 8.43. The lowest BCUT2D eigenvalue weighted by Gasteiger charge is -2.28. The Morgan fingerprint density at radius 3 is 1.60 bits per heavy atom. The number of imidazole rings is 2. The molecule has 7 atom stereocenters. The van der Waals surface area contributed by atoms with Crippen molar-refractivity contribution in [1.29, 1.82) is 0 Å². The monoisotopic (exact) mass is 901 g/mol. The molecule has 6 aromatic rings. The van der Waals surface area contributed by atoms with Gasteiger partial charge in [0.25, 0.3) is 11.8 Å². The Balaban J connectivity index is 0.898. The smallest absolute Gasteiger partial charge is 0.407 e. The molecule has 0 saturated carbocycles. The third-order valence-corrected chi connectivity index (χ3v) is 14.0. The summed E-state index contributed by atoms with van der Waals surface area (Å²) in [5.41, 5.74) is 10.1. The molecule has 4 aliphatic heterocycles. The topological polar surface area (TPSA) is 187 Å². The van der Waals surface area contributed by atoms with Gasteiger partial charge in [-0.2, -0.15) is 0 Å². The van der Waals surface area contributed by atoms with Crippen molar-refractivity contribution in [3.63, 3.8) is 0 Å². The first kappa shape index (κ1) is 43.6. The Bertz CT molecular complexity index is 2770. The molecular formula is C52H55N9O6. The lowest BCUT2D eigenvalue weighted by Crippen LogP contribution is -2.42. The average molecular weight is 902 g/mol. The number of fused-ring (bicyclic) bond motifs is 5. The maximum absolute atomic E-state index is 14.2. The van der Waals surface area contributed by atoms with Crippen LogP contribution in [0.1, 0.15) is 116 Å². The second kappa shape index (κ2) is 18.6. The minimum Gasteiger partial charge on any atom is -0.453 e. The molecule has 4 amide bonds. The second-order valence-electron chi connectivity index (χ2n) is 18.1. The molecule has 6 heterocycles. The van der Waals surface area contributed by atoms with Gasteiger partial charge >= 0.3 is 12.2 Å². The number of H-pyrrole nitrogens is 2. The Morgan fingerprint density at radius 2 is 1.07 bits per heavy atom. The fourth-order valence-electron chi connectivity index (χ4n) is 10.9. The van der Waals surface area contributed by atoms with Gasteiger partial charge < -0.3 is 45.2 Å². The highest BCUT2D eigenvalue weighted by molar-refractivity contribution is 5.88. The van der Waals surface area contributed by atoms with Gasteiger partial charge in [0.05, 0.1) is 50.1 Å². The van der Waals surface area contributed by atoms with Crippen LogP contribution in [0.15, 0.2) is 109 Å². The molecule has 67 heavy (non-hydrogen) atoms. The Morgan fingerprint density at radius 1 is 0.612 bits per heavy atom. The number of ether oxygens (including phenoxy) is 2. The maximum Gasteiger partial charge on any atom is 0.407 e. The molecule has 2 bridgehead atoms. The number of aromatic amines is 2. The highest BCUT2D eigenvalue weighted by Crippen LogP contribution is 2.52. The molecule has 4 aromatic carbocycles. The molecule has 5 N–H and O–H groups in total. The fraction of sp³-hybridized carbons (Fsp3) is 0.346. The first-order valence-corrected chi connectivity index (χ1v) is 23.2. The Hall–Kier alpha value is -7.26. The van der Waals surface area contributed by atoms with E-state index in [0.717, 1.165) is 72.4 Å². The standard InChI is InChI=1S/C52H55N9O6/c1-30-26-37-43-35(31-18-20-32(21-19-31)39-28-53-47(56-39)41-16-10-24-60(41)49(62)45(58-51(64)66-2)33-12-6-4-7-13-33)22-23-36(44(43)38(27-30)55-37)40-29-54-48(57-40)42-17-11-25-61(42)50(63)46(59-52(65)67-3)34-14-8-5-9-15-34/h4-9,12-15,18-23,28-30,37-38,41-42,45-46,55H,10-11,16-17,24-27H2,1-3H3,(H,53,56)(H,54,57)(H,58,64)(H,59,65)/t30?,37?,38?,41-,42-,45-,46?/m0/s1. The van der Waals surface area contributed by atoms with E-state index < -0.39 is 24.3 Å². The molecule has 344 valence electrons. The van der Waals surface area contributed by atoms with Crippen molar-refractivity contribution >= 4 is 24.0 Å². The predicted molar refractivity (Wildman–Crippen MR) is 251 cm³/mol. The molecular weight excluding hydrogens is 847 g/mol. The summed E-state index contributed by atoms with van der Waals surface area (Å²) in [5.74, 6) is 1.56. The van der Waals surface area contributed by atoms with Crippen LogP contribution in [-0.2, 0) is 19.1 Å². The van der Waals surface area contributed by atoms with Crippen molar-refractivity contribution in [2.75, 3.05) is 27.3 Å². The number of carbonyl (C=O) groups excluding carboxylic acids is 4. The molecule has 4 aliphatic rings. The van der Waals surface area contributed by atoms with Crippen molar-refractivity contribution in [3.05, 3.63) is 143 Å². The summed E-state index contributed by atoms with van der Waals surface area (Å²) in [6, 6.07) is 29.5. The number of hydrogen-bond acceptors (Lipinski definition) is 9. The largest absolute Gasteiger partial charge is 0.453 e. The van der Waals surface area contributed by atoms with Gasteiger partial charge in [0.15, 0.2) is 0 Å². The van der Waals surface area contributed by atoms with Crippen LogP contribution in [0.25, 0.3) is 33.6 Å². The molecule has 10 rings (SSSR count). The van der Waals surface area contributed by atoms with E-state index in [2.05, 4.69) is 69.2 Å². The highest BCUT2D eigenvalue weighted by atomic mass is 16.5. The normalized spacial score (nSPS) is 21.6. The molecule has 15 heteroatoms. The van der Waals surface area contributed by atoms with Crippen molar-refractivity contribution in [2.45, 2.75) is 81.7 Å². The number of hydrogen-bond donors (Lipinski definition) is 5. The molecule has 3 fully saturated rings. The minimum absolute atomic E-state index is 0.190. The lowest BCUT2D eigenvalue weighted by atomic mass is 9.88. The van der Waals surface area contributed by atoms with Crippen LogP contribution in [0.5, 0.6) is 0 Å². The quantitative estimate of drug-likeness (QED) is 0.0848. The van der Waals surface area contributed by atoms with Gasteiger partial charge in [0, 0.05) is 30.7 Å². The maximum atomic E-state index is 14.2. The second-order valence-corrected chi connectivity index (χ2v) is 18.1. The number of benzene rings is 4. The van der Waals surface area contributed by atoms with Gasteiger partial charge in [-0.3, -0.25) is 9.59 Å². The Kier molecular flexibility index (Phi) is 12.1. The zero-order valence-electron chi connectivity index (χ0n) is 37.8. The van der Waals surface area contributed by atoms with Gasteiger partial charge in [-0.25, -0.2) is 19.6 Å². The van der Waals surface area contributed by atoms with Crippen molar-refractivity contribution < 1.29 is 28.7 Å². The zero-order chi connectivity index (χ0) is 46.2. The molecule has 4 unspecified atom stereocenters. The number of nitrogens with one attached hydrogen (secondary N) is 5. The summed E-state index contributed by atoms with van der Waals surface area (Å²) in [4.78, 5) is 73.5. The van der Waals surface area contributed by atoms with E-state index in [1.165, 1.54) is 30.9 Å². The van der Waals surface area contributed by atoms with Gasteiger partial charge in [0.2, 0.25) is 0 Å². The first-order chi connectivity index (χ1) is 32.7. The van der Waals surface area contributed by atoms with E-state index in [4.69, 9.17) is 19.4 Å². The molecule has 0 aliphatic carbocycles. The predicted octanol–water partition coefficient (Wildman–Crippen LogP) is 8.77. The zero-order valence-corrected chi connectivity index (χ0v) is 37.8. The van der Waals surface area contributed by atoms with Gasteiger partial charge in [-0.05, 0) is 83.4 Å². The highest BCUT2D eigenvalue weighted by Gasteiger charge is 2.42. The van der Waals surface area contributed by atoms with Gasteiger partial charge in [-0.15, -0.1) is 0 Å². The Labute approximate surface area is 389 Å². The number of likely N-dealkylation sites (tertiary alicyclic amines) is 2. The minimum atomic E-state index is -0.893. The van der Waals surface area contributed by atoms with Crippen LogP contribution in [-0.4, -0.2) is 81.0 Å². The van der Waals surface area contributed by atoms with E-state index in [0.29, 0.717) is 36.0 Å². The van der Waals surface area contributed by atoms with E-state index in [-0.39, 0.29) is 36.0 Å². The van der Waals surface area contributed by atoms with Crippen molar-refractivity contribution in [3.8, 4) is 33.6 Å². The lowest BCUT2D eigenvalue weighted by molar-refractivity contribution is -0.135. The third-order valence-electron chi connectivity index (χ3n) is 14.0. The van der Waals surface area contributed by atoms with E-state index in [1.807, 2.05) is 78.0 Å². The molecule has 0 radical (unpaired) electrons. The van der Waals surface area contributed by atoms with E-state index >= 15 is 0 Å². The summed E-state index contributed by atoms with van der Waals surface area (Å²) in [5, 5.41) is 9.44. The van der Waals surface area contributed by atoms with Crippen molar-refractivity contribution in [1.82, 2.24) is 45.7 Å². The fourth-order valence-corrected chi connectivity index (χ4v) is 10.9. The average Bonchev–Trinajstić information content (AvgIpc) is 4.23. The van der Waals surface area contributed by atoms with E-state index in [1.54, 1.807) is 4.90 Å². The van der Waals surface area contributed by atoms with Gasteiger partial charge in [0.1, 0.15) is 23.7 Å². The van der Waals surface area contributed by atoms with Gasteiger partial charge in [-0.1, -0.05) is 104 Å². The van der Waals surface area contributed by atoms with Crippen molar-refractivity contribution in [2.24, 2.45) is 5.92 Å². The number of carbonyl (C=O) groups is 4. The summed E-state index contributed by atoms with van der Waals surface area (Å²) in [7, 11) is 2.58. The SMILES string of the molecule is COC(=O)NC(C(=O)N1CCC[C@H]1c1ncc(-c2ccc(-c3ccc(-c4cnc([C@@H]5CCCN5C(=O)[C@@H](NC(=O)OC)c5ccccc5)[nH]4)cc3)c3c2C2CC(C)CC3N2)[nH]1)c1ccccc1. The van der Waals surface area contributed by atoms with Crippen LogP contribution in [0.3, 0.4) is 0 Å². The molecule has 15 nitrogen and oxygen atoms in total. The number of aromatic nitrogens is 4. The summed E-state index contributed by atoms with van der Waals surface area (Å²) < 4.78 is 9.76. The molecule has 2 aromatic heterocycles. The summed E-state index contributed by atoms with van der Waals surface area (Å²) in [6.45, 7) is 3.43. The van der Waals surface area contributed by atoms with Crippen LogP contribution in [0, 0.1) is 5.92 Å². The van der Waals surface area contributed by atoms with Crippen LogP contribution >= 0.6 is 0 Å². The first-order valence-electron chi connectivity index (χ1n) is 23.2.